The topological polar surface area (TPSA) is 118 Å². The van der Waals surface area contributed by atoms with E-state index in [0.717, 1.165) is 39.1 Å². The standard InChI is InChI=1S/C16H16N2O.C14H11N3.C13H11NO.C7H8.C6H7N.8C2H6/c1-18(2)12-15(13-8-10-17-11-9-13)16(19)14-6-4-3-5-7-14;1-2-4-12(5-3-1)14-13(10-16-17-14)11-6-8-15-9-7-11;15-13(12-4-2-1-3-5-12)10-11-6-8-14-9-7-11;1-7-5-3-2-4-6-7;1-6-2-4-7-5-3-6;8*1-2/h3-12H,1-2H3;1-10H,(H,16,17);1-9H,10H2;2-6H,1H3;2-5H,1H3;8*1-2H3/b15-12+;;;;;;;;;;;;. The molecule has 81 heavy (non-hydrogen) atoms. The first-order chi connectivity index (χ1) is 39.8. The van der Waals surface area contributed by atoms with Crippen molar-refractivity contribution < 1.29 is 9.59 Å². The van der Waals surface area contributed by atoms with E-state index < -0.39 is 0 Å². The fourth-order valence-electron chi connectivity index (χ4n) is 6.03. The molecule has 0 amide bonds. The highest BCUT2D eigenvalue weighted by Gasteiger charge is 2.14. The van der Waals surface area contributed by atoms with E-state index in [-0.39, 0.29) is 11.6 Å². The van der Waals surface area contributed by atoms with Crippen molar-refractivity contribution in [2.45, 2.75) is 131 Å². The van der Waals surface area contributed by atoms with Crippen LogP contribution in [-0.4, -0.2) is 60.7 Å². The van der Waals surface area contributed by atoms with Crippen LogP contribution in [0.25, 0.3) is 28.0 Å². The Morgan fingerprint density at radius 2 is 0.765 bits per heavy atom. The highest BCUT2D eigenvalue weighted by Crippen LogP contribution is 2.29. The van der Waals surface area contributed by atoms with Gasteiger partial charge in [-0.15, -0.1) is 0 Å². The summed E-state index contributed by atoms with van der Waals surface area (Å²) in [7, 11) is 3.80. The summed E-state index contributed by atoms with van der Waals surface area (Å²) >= 11 is 0. The van der Waals surface area contributed by atoms with Crippen LogP contribution in [0.3, 0.4) is 0 Å². The maximum atomic E-state index is 12.6. The number of hydrogen-bond acceptors (Lipinski definition) is 8. The number of carbonyl (C=O) groups is 2. The Balaban J connectivity index is -0.000000444. The van der Waals surface area contributed by atoms with Crippen LogP contribution in [0.4, 0.5) is 0 Å². The lowest BCUT2D eigenvalue weighted by molar-refractivity contribution is 0.0992. The molecule has 9 nitrogen and oxygen atoms in total. The molecule has 0 atom stereocenters. The van der Waals surface area contributed by atoms with E-state index in [1.165, 1.54) is 11.1 Å². The molecule has 9 rings (SSSR count). The molecule has 0 aliphatic carbocycles. The summed E-state index contributed by atoms with van der Waals surface area (Å²) in [6, 6.07) is 54.4. The van der Waals surface area contributed by atoms with Crippen molar-refractivity contribution in [3.8, 4) is 22.4 Å². The molecule has 0 radical (unpaired) electrons. The molecule has 0 aliphatic rings. The van der Waals surface area contributed by atoms with Crippen LogP contribution >= 0.6 is 0 Å². The normalized spacial score (nSPS) is 8.72. The molecule has 0 saturated heterocycles. The third kappa shape index (κ3) is 36.4. The summed E-state index contributed by atoms with van der Waals surface area (Å²) in [5.74, 6) is 0.155. The van der Waals surface area contributed by atoms with Crippen molar-refractivity contribution in [2.24, 2.45) is 0 Å². The van der Waals surface area contributed by atoms with Crippen molar-refractivity contribution in [3.05, 3.63) is 265 Å². The van der Waals surface area contributed by atoms with Crippen molar-refractivity contribution >= 4 is 17.1 Å². The van der Waals surface area contributed by atoms with Gasteiger partial charge in [-0.3, -0.25) is 34.6 Å². The van der Waals surface area contributed by atoms with Crippen LogP contribution in [-0.2, 0) is 6.42 Å². The second-order valence-corrected chi connectivity index (χ2v) is 14.7. The van der Waals surface area contributed by atoms with E-state index in [1.54, 1.807) is 49.6 Å². The third-order valence-electron chi connectivity index (χ3n) is 9.35. The maximum Gasteiger partial charge on any atom is 0.195 e. The molecule has 0 aliphatic heterocycles. The van der Waals surface area contributed by atoms with Gasteiger partial charge in [0.25, 0.3) is 0 Å². The second-order valence-electron chi connectivity index (χ2n) is 14.7. The lowest BCUT2D eigenvalue weighted by Crippen LogP contribution is -2.09. The number of H-pyrrole nitrogens is 1. The lowest BCUT2D eigenvalue weighted by atomic mass is 9.98. The smallest absolute Gasteiger partial charge is 0.195 e. The summed E-state index contributed by atoms with van der Waals surface area (Å²) < 4.78 is 0. The zero-order valence-electron chi connectivity index (χ0n) is 53.1. The predicted octanol–water partition coefficient (Wildman–Crippen LogP) is 20.1. The number of Topliss-reactive ketones (excluding diaryl/α,β-unsaturated/α-hetero) is 2. The van der Waals surface area contributed by atoms with Gasteiger partial charge in [0.1, 0.15) is 0 Å². The summed E-state index contributed by atoms with van der Waals surface area (Å²) in [5.41, 5.74) is 11.0. The molecule has 436 valence electrons. The van der Waals surface area contributed by atoms with Gasteiger partial charge in [-0.25, -0.2) is 0 Å². The average Bonchev–Trinajstić information content (AvgIpc) is 4.08. The molecule has 1 N–H and O–H groups in total. The van der Waals surface area contributed by atoms with Gasteiger partial charge in [-0.05, 0) is 84.6 Å². The summed E-state index contributed by atoms with van der Waals surface area (Å²) in [5, 5.41) is 7.18. The van der Waals surface area contributed by atoms with E-state index in [2.05, 4.69) is 61.3 Å². The average molecular weight is 1100 g/mol. The van der Waals surface area contributed by atoms with Gasteiger partial charge >= 0.3 is 0 Å². The lowest BCUT2D eigenvalue weighted by Gasteiger charge is -2.11. The molecule has 9 heteroatoms. The number of hydrogen-bond donors (Lipinski definition) is 1. The number of allylic oxidation sites excluding steroid dienone is 1. The minimum atomic E-state index is 0.0144. The summed E-state index contributed by atoms with van der Waals surface area (Å²) in [4.78, 5) is 42.0. The molecular formula is C72H101N7O2. The van der Waals surface area contributed by atoms with Crippen LogP contribution in [0.15, 0.2) is 232 Å². The molecule has 5 aromatic heterocycles. The summed E-state index contributed by atoms with van der Waals surface area (Å²) in [6.45, 7) is 36.1. The number of aryl methyl sites for hydroxylation is 2. The Labute approximate surface area is 492 Å². The molecule has 4 aromatic carbocycles. The van der Waals surface area contributed by atoms with Crippen molar-refractivity contribution in [1.29, 1.82) is 0 Å². The zero-order valence-corrected chi connectivity index (χ0v) is 53.1. The first-order valence-electron chi connectivity index (χ1n) is 29.0. The highest BCUT2D eigenvalue weighted by molar-refractivity contribution is 6.28. The number of aromatic amines is 1. The Bertz CT molecular complexity index is 2630. The van der Waals surface area contributed by atoms with E-state index in [9.17, 15) is 9.59 Å². The van der Waals surface area contributed by atoms with E-state index in [4.69, 9.17) is 0 Å². The van der Waals surface area contributed by atoms with Gasteiger partial charge < -0.3 is 4.90 Å². The SMILES string of the molecule is CC.CC.CC.CC.CC.CC.CC.CC.CN(C)/C=C(/C(=O)c1ccccc1)c1ccncc1.Cc1ccccc1.Cc1ccncc1.O=C(Cc1ccncc1)c1ccccc1.c1ccc(-c2[nH]ncc2-c2ccncc2)cc1. The number of benzene rings is 4. The second kappa shape index (κ2) is 57.7. The Kier molecular flexibility index (Phi) is 56.4. The third-order valence-corrected chi connectivity index (χ3v) is 9.35. The number of pyridine rings is 4. The van der Waals surface area contributed by atoms with E-state index in [1.807, 2.05) is 295 Å². The van der Waals surface area contributed by atoms with Gasteiger partial charge in [-0.1, -0.05) is 238 Å². The van der Waals surface area contributed by atoms with Crippen LogP contribution in [0, 0.1) is 13.8 Å². The molecule has 0 spiro atoms. The fraction of sp³-hybridized carbons (Fsp3) is 0.292. The minimum absolute atomic E-state index is 0.0144. The number of ketones is 2. The van der Waals surface area contributed by atoms with E-state index >= 15 is 0 Å². The van der Waals surface area contributed by atoms with Crippen molar-refractivity contribution in [3.63, 3.8) is 0 Å². The van der Waals surface area contributed by atoms with Crippen LogP contribution in [0.1, 0.15) is 154 Å². The Hall–Kier alpha value is -8.43. The molecule has 5 heterocycles. The predicted molar refractivity (Wildman–Crippen MR) is 354 cm³/mol. The van der Waals surface area contributed by atoms with Gasteiger partial charge in [0.2, 0.25) is 0 Å². The molecule has 0 fully saturated rings. The number of rotatable bonds is 9. The van der Waals surface area contributed by atoms with E-state index in [0.29, 0.717) is 17.6 Å². The Morgan fingerprint density at radius 3 is 1.15 bits per heavy atom. The largest absolute Gasteiger partial charge is 0.383 e. The molecular weight excluding hydrogens is 995 g/mol. The highest BCUT2D eigenvalue weighted by atomic mass is 16.1. The first kappa shape index (κ1) is 79.1. The van der Waals surface area contributed by atoms with Crippen LogP contribution in [0.5, 0.6) is 0 Å². The zero-order chi connectivity index (χ0) is 61.9. The fourth-order valence-corrected chi connectivity index (χ4v) is 6.03. The summed E-state index contributed by atoms with van der Waals surface area (Å²) in [6.07, 6.45) is 18.1. The van der Waals surface area contributed by atoms with Gasteiger partial charge in [0, 0.05) is 104 Å². The van der Waals surface area contributed by atoms with Gasteiger partial charge in [0.05, 0.1) is 11.9 Å². The molecule has 0 bridgehead atoms. The molecule has 0 unspecified atom stereocenters. The quantitative estimate of drug-likeness (QED) is 0.112. The number of nitrogens with one attached hydrogen (secondary N) is 1. The maximum absolute atomic E-state index is 12.6. The minimum Gasteiger partial charge on any atom is -0.383 e. The van der Waals surface area contributed by atoms with Crippen LogP contribution < -0.4 is 0 Å². The molecule has 0 saturated carbocycles. The van der Waals surface area contributed by atoms with Crippen LogP contribution in [0.2, 0.25) is 0 Å². The number of aromatic nitrogens is 6. The first-order valence-corrected chi connectivity index (χ1v) is 29.0. The monoisotopic (exact) mass is 1100 g/mol. The number of carbonyl (C=O) groups excluding carboxylic acids is 2. The number of nitrogens with zero attached hydrogens (tertiary/aromatic N) is 6. The molecule has 9 aromatic rings. The van der Waals surface area contributed by atoms with Crippen molar-refractivity contribution in [2.75, 3.05) is 14.1 Å². The van der Waals surface area contributed by atoms with Gasteiger partial charge in [0.15, 0.2) is 11.6 Å². The van der Waals surface area contributed by atoms with Crippen molar-refractivity contribution in [1.82, 2.24) is 35.0 Å². The Morgan fingerprint density at radius 1 is 0.407 bits per heavy atom. The van der Waals surface area contributed by atoms with Gasteiger partial charge in [-0.2, -0.15) is 5.10 Å².